The third-order valence-electron chi connectivity index (χ3n) is 4.45. The molecule has 0 spiro atoms. The second-order valence-electron chi connectivity index (χ2n) is 5.24. The van der Waals surface area contributed by atoms with Crippen molar-refractivity contribution in [2.75, 3.05) is 7.05 Å². The van der Waals surface area contributed by atoms with E-state index in [4.69, 9.17) is 0 Å². The van der Waals surface area contributed by atoms with Gasteiger partial charge in [-0.25, -0.2) is 0 Å². The summed E-state index contributed by atoms with van der Waals surface area (Å²) in [6, 6.07) is 0.845. The van der Waals surface area contributed by atoms with Crippen LogP contribution in [0.4, 0.5) is 0 Å². The predicted octanol–water partition coefficient (Wildman–Crippen LogP) is 3.34. The lowest BCUT2D eigenvalue weighted by atomic mass is 9.83. The summed E-state index contributed by atoms with van der Waals surface area (Å²) in [7, 11) is 2.15. The second-order valence-corrected chi connectivity index (χ2v) is 5.24. The van der Waals surface area contributed by atoms with Gasteiger partial charge in [0, 0.05) is 6.04 Å². The molecular weight excluding hydrogens is 170 g/mol. The Morgan fingerprint density at radius 1 is 0.786 bits per heavy atom. The summed E-state index contributed by atoms with van der Waals surface area (Å²) in [5.74, 6) is 2.07. The molecule has 2 saturated carbocycles. The predicted molar refractivity (Wildman–Crippen MR) is 61.4 cm³/mol. The Kier molecular flexibility index (Phi) is 3.86. The lowest BCUT2D eigenvalue weighted by Gasteiger charge is -2.27. The van der Waals surface area contributed by atoms with E-state index in [1.807, 2.05) is 0 Å². The standard InChI is InChI=1S/C13H25N/c1-14-13-10-6-9-12(13)11-7-4-2-3-5-8-11/h11-14H,2-10H2,1H3. The molecule has 2 aliphatic carbocycles. The maximum Gasteiger partial charge on any atom is 0.00949 e. The van der Waals surface area contributed by atoms with Gasteiger partial charge in [0.25, 0.3) is 0 Å². The number of rotatable bonds is 2. The zero-order valence-corrected chi connectivity index (χ0v) is 9.60. The highest BCUT2D eigenvalue weighted by Crippen LogP contribution is 2.38. The van der Waals surface area contributed by atoms with Crippen LogP contribution in [0.3, 0.4) is 0 Å². The van der Waals surface area contributed by atoms with E-state index < -0.39 is 0 Å². The van der Waals surface area contributed by atoms with Crippen LogP contribution in [-0.4, -0.2) is 13.1 Å². The van der Waals surface area contributed by atoms with Gasteiger partial charge in [0.15, 0.2) is 0 Å². The van der Waals surface area contributed by atoms with Gasteiger partial charge >= 0.3 is 0 Å². The average molecular weight is 195 g/mol. The van der Waals surface area contributed by atoms with Crippen molar-refractivity contribution in [3.05, 3.63) is 0 Å². The van der Waals surface area contributed by atoms with Gasteiger partial charge in [0.2, 0.25) is 0 Å². The van der Waals surface area contributed by atoms with Gasteiger partial charge in [0.1, 0.15) is 0 Å². The summed E-state index contributed by atoms with van der Waals surface area (Å²) in [6.45, 7) is 0. The summed E-state index contributed by atoms with van der Waals surface area (Å²) in [4.78, 5) is 0. The van der Waals surface area contributed by atoms with Crippen molar-refractivity contribution in [2.45, 2.75) is 63.8 Å². The third-order valence-corrected chi connectivity index (χ3v) is 4.45. The zero-order chi connectivity index (χ0) is 9.80. The molecular formula is C13H25N. The lowest BCUT2D eigenvalue weighted by Crippen LogP contribution is -2.33. The molecule has 1 N–H and O–H groups in total. The van der Waals surface area contributed by atoms with Crippen LogP contribution in [0, 0.1) is 11.8 Å². The van der Waals surface area contributed by atoms with Crippen molar-refractivity contribution in [1.82, 2.24) is 5.32 Å². The minimum absolute atomic E-state index is 0.845. The molecule has 0 heterocycles. The molecule has 2 unspecified atom stereocenters. The molecule has 0 radical (unpaired) electrons. The number of nitrogens with one attached hydrogen (secondary N) is 1. The Labute approximate surface area is 88.7 Å². The highest BCUT2D eigenvalue weighted by Gasteiger charge is 2.32. The number of hydrogen-bond acceptors (Lipinski definition) is 1. The monoisotopic (exact) mass is 195 g/mol. The molecule has 2 aliphatic rings. The fourth-order valence-electron chi connectivity index (χ4n) is 3.65. The molecule has 0 aliphatic heterocycles. The van der Waals surface area contributed by atoms with Crippen molar-refractivity contribution in [3.63, 3.8) is 0 Å². The Balaban J connectivity index is 1.91. The molecule has 2 rings (SSSR count). The van der Waals surface area contributed by atoms with Crippen LogP contribution >= 0.6 is 0 Å². The molecule has 0 aromatic carbocycles. The number of hydrogen-bond donors (Lipinski definition) is 1. The van der Waals surface area contributed by atoms with Gasteiger partial charge in [-0.05, 0) is 31.7 Å². The van der Waals surface area contributed by atoms with E-state index in [0.29, 0.717) is 0 Å². The summed E-state index contributed by atoms with van der Waals surface area (Å²) in [6.07, 6.45) is 13.4. The molecule has 0 aromatic heterocycles. The third kappa shape index (κ3) is 2.31. The normalized spacial score (nSPS) is 35.8. The van der Waals surface area contributed by atoms with Gasteiger partial charge in [-0.15, -0.1) is 0 Å². The molecule has 0 saturated heterocycles. The van der Waals surface area contributed by atoms with E-state index in [-0.39, 0.29) is 0 Å². The van der Waals surface area contributed by atoms with Crippen LogP contribution in [-0.2, 0) is 0 Å². The Morgan fingerprint density at radius 2 is 1.50 bits per heavy atom. The summed E-state index contributed by atoms with van der Waals surface area (Å²) in [5.41, 5.74) is 0. The molecule has 0 bridgehead atoms. The van der Waals surface area contributed by atoms with E-state index in [2.05, 4.69) is 12.4 Å². The van der Waals surface area contributed by atoms with Crippen molar-refractivity contribution in [3.8, 4) is 0 Å². The molecule has 14 heavy (non-hydrogen) atoms. The maximum absolute atomic E-state index is 3.53. The maximum atomic E-state index is 3.53. The van der Waals surface area contributed by atoms with Crippen molar-refractivity contribution < 1.29 is 0 Å². The lowest BCUT2D eigenvalue weighted by molar-refractivity contribution is 0.260. The first kappa shape index (κ1) is 10.5. The fourth-order valence-corrected chi connectivity index (χ4v) is 3.65. The average Bonchev–Trinajstić information content (AvgIpc) is 2.52. The van der Waals surface area contributed by atoms with E-state index in [1.54, 1.807) is 0 Å². The van der Waals surface area contributed by atoms with E-state index in [9.17, 15) is 0 Å². The van der Waals surface area contributed by atoms with Crippen molar-refractivity contribution in [1.29, 1.82) is 0 Å². The van der Waals surface area contributed by atoms with Crippen LogP contribution in [0.1, 0.15) is 57.8 Å². The van der Waals surface area contributed by atoms with Crippen molar-refractivity contribution >= 4 is 0 Å². The SMILES string of the molecule is CNC1CCCC1C1CCCCCC1. The summed E-state index contributed by atoms with van der Waals surface area (Å²) in [5, 5.41) is 3.53. The summed E-state index contributed by atoms with van der Waals surface area (Å²) < 4.78 is 0. The summed E-state index contributed by atoms with van der Waals surface area (Å²) >= 11 is 0. The van der Waals surface area contributed by atoms with E-state index in [0.717, 1.165) is 17.9 Å². The first-order valence-electron chi connectivity index (χ1n) is 6.59. The largest absolute Gasteiger partial charge is 0.317 e. The highest BCUT2D eigenvalue weighted by molar-refractivity contribution is 4.87. The van der Waals surface area contributed by atoms with Crippen LogP contribution in [0.5, 0.6) is 0 Å². The minimum atomic E-state index is 0.845. The van der Waals surface area contributed by atoms with Gasteiger partial charge in [-0.1, -0.05) is 44.9 Å². The molecule has 82 valence electrons. The van der Waals surface area contributed by atoms with Gasteiger partial charge in [-0.2, -0.15) is 0 Å². The van der Waals surface area contributed by atoms with Crippen LogP contribution in [0.2, 0.25) is 0 Å². The van der Waals surface area contributed by atoms with Gasteiger partial charge < -0.3 is 5.32 Å². The van der Waals surface area contributed by atoms with Crippen LogP contribution in [0.25, 0.3) is 0 Å². The van der Waals surface area contributed by atoms with Gasteiger partial charge in [-0.3, -0.25) is 0 Å². The molecule has 0 aromatic rings. The van der Waals surface area contributed by atoms with Gasteiger partial charge in [0.05, 0.1) is 0 Å². The molecule has 1 heteroatoms. The molecule has 0 amide bonds. The van der Waals surface area contributed by atoms with E-state index >= 15 is 0 Å². The Hall–Kier alpha value is -0.0400. The highest BCUT2D eigenvalue weighted by atomic mass is 14.9. The first-order valence-corrected chi connectivity index (χ1v) is 6.59. The fraction of sp³-hybridized carbons (Fsp3) is 1.00. The topological polar surface area (TPSA) is 12.0 Å². The Morgan fingerprint density at radius 3 is 2.14 bits per heavy atom. The smallest absolute Gasteiger partial charge is 0.00949 e. The Bertz CT molecular complexity index is 159. The first-order chi connectivity index (χ1) is 6.92. The quantitative estimate of drug-likeness (QED) is 0.666. The molecule has 2 fully saturated rings. The zero-order valence-electron chi connectivity index (χ0n) is 9.60. The molecule has 2 atom stereocenters. The van der Waals surface area contributed by atoms with Crippen molar-refractivity contribution in [2.24, 2.45) is 11.8 Å². The van der Waals surface area contributed by atoms with Crippen LogP contribution in [0.15, 0.2) is 0 Å². The second kappa shape index (κ2) is 5.16. The van der Waals surface area contributed by atoms with Crippen LogP contribution < -0.4 is 5.32 Å². The van der Waals surface area contributed by atoms with E-state index in [1.165, 1.54) is 57.8 Å². The molecule has 1 nitrogen and oxygen atoms in total. The minimum Gasteiger partial charge on any atom is -0.317 e.